The molecule has 2 rings (SSSR count). The van der Waals surface area contributed by atoms with E-state index in [1.807, 2.05) is 25.1 Å². The lowest BCUT2D eigenvalue weighted by molar-refractivity contribution is 0.511. The number of aryl methyl sites for hydroxylation is 2. The fourth-order valence-corrected chi connectivity index (χ4v) is 2.17. The number of benzene rings is 1. The van der Waals surface area contributed by atoms with Crippen LogP contribution in [0.15, 0.2) is 42.7 Å². The molecule has 1 aromatic heterocycles. The summed E-state index contributed by atoms with van der Waals surface area (Å²) in [5.74, 6) is 5.36. The molecule has 1 aromatic carbocycles. The Bertz CT molecular complexity index is 508. The number of nitrogens with zero attached hydrogens (tertiary/aromatic N) is 1. The topological polar surface area (TPSA) is 50.9 Å². The van der Waals surface area contributed by atoms with E-state index in [0.717, 1.165) is 24.0 Å². The number of nitrogens with two attached hydrogens (primary N) is 1. The number of hydrazine groups is 1. The fraction of sp³-hybridized carbons (Fsp3) is 0.267. The van der Waals surface area contributed by atoms with Gasteiger partial charge in [-0.1, -0.05) is 6.07 Å². The average molecular weight is 259 g/mol. The molecule has 2 aromatic rings. The predicted molar refractivity (Wildman–Crippen MR) is 73.8 cm³/mol. The van der Waals surface area contributed by atoms with Crippen molar-refractivity contribution in [2.24, 2.45) is 5.84 Å². The quantitative estimate of drug-likeness (QED) is 0.641. The Hall–Kier alpha value is -1.78. The van der Waals surface area contributed by atoms with E-state index < -0.39 is 0 Å². The Balaban J connectivity index is 2.07. The van der Waals surface area contributed by atoms with Crippen molar-refractivity contribution in [2.45, 2.75) is 25.8 Å². The summed E-state index contributed by atoms with van der Waals surface area (Å²) in [7, 11) is 0. The van der Waals surface area contributed by atoms with Crippen molar-refractivity contribution < 1.29 is 4.39 Å². The highest BCUT2D eigenvalue weighted by molar-refractivity contribution is 5.26. The van der Waals surface area contributed by atoms with Crippen molar-refractivity contribution in [1.82, 2.24) is 10.4 Å². The molecule has 0 spiro atoms. The zero-order valence-electron chi connectivity index (χ0n) is 10.9. The second-order valence-electron chi connectivity index (χ2n) is 4.68. The first kappa shape index (κ1) is 13.6. The second kappa shape index (κ2) is 6.41. The van der Waals surface area contributed by atoms with Gasteiger partial charge < -0.3 is 0 Å². The second-order valence-corrected chi connectivity index (χ2v) is 4.68. The monoisotopic (exact) mass is 259 g/mol. The van der Waals surface area contributed by atoms with Gasteiger partial charge in [0.05, 0.1) is 0 Å². The summed E-state index contributed by atoms with van der Waals surface area (Å²) in [6.45, 7) is 1.88. The number of aromatic nitrogens is 1. The molecule has 0 saturated carbocycles. The summed E-state index contributed by atoms with van der Waals surface area (Å²) in [6, 6.07) is 8.90. The number of rotatable bonds is 5. The van der Waals surface area contributed by atoms with Crippen LogP contribution in [0.4, 0.5) is 4.39 Å². The molecule has 0 bridgehead atoms. The van der Waals surface area contributed by atoms with Crippen molar-refractivity contribution in [1.29, 1.82) is 0 Å². The van der Waals surface area contributed by atoms with Gasteiger partial charge >= 0.3 is 0 Å². The average Bonchev–Trinajstić information content (AvgIpc) is 2.39. The predicted octanol–water partition coefficient (Wildman–Crippen LogP) is 2.67. The zero-order valence-corrected chi connectivity index (χ0v) is 10.9. The first-order valence-corrected chi connectivity index (χ1v) is 6.31. The lowest BCUT2D eigenvalue weighted by Gasteiger charge is -2.17. The first-order chi connectivity index (χ1) is 9.19. The number of nitrogens with one attached hydrogen (secondary N) is 1. The van der Waals surface area contributed by atoms with Gasteiger partial charge in [0, 0.05) is 18.4 Å². The lowest BCUT2D eigenvalue weighted by atomic mass is 9.98. The van der Waals surface area contributed by atoms with Crippen molar-refractivity contribution in [2.75, 3.05) is 0 Å². The Morgan fingerprint density at radius 2 is 2.00 bits per heavy atom. The van der Waals surface area contributed by atoms with Crippen LogP contribution in [0.1, 0.15) is 29.2 Å². The molecule has 0 radical (unpaired) electrons. The van der Waals surface area contributed by atoms with E-state index in [2.05, 4.69) is 10.4 Å². The number of pyridine rings is 1. The van der Waals surface area contributed by atoms with Crippen molar-refractivity contribution >= 4 is 0 Å². The van der Waals surface area contributed by atoms with E-state index >= 15 is 0 Å². The highest BCUT2D eigenvalue weighted by atomic mass is 19.1. The molecule has 0 aliphatic carbocycles. The van der Waals surface area contributed by atoms with Crippen LogP contribution in [0.3, 0.4) is 0 Å². The van der Waals surface area contributed by atoms with Gasteiger partial charge in [-0.2, -0.15) is 0 Å². The molecule has 0 amide bonds. The van der Waals surface area contributed by atoms with Crippen LogP contribution < -0.4 is 11.3 Å². The van der Waals surface area contributed by atoms with Crippen molar-refractivity contribution in [3.05, 3.63) is 65.2 Å². The van der Waals surface area contributed by atoms with Gasteiger partial charge in [0.2, 0.25) is 0 Å². The largest absolute Gasteiger partial charge is 0.271 e. The maximum Gasteiger partial charge on any atom is 0.123 e. The van der Waals surface area contributed by atoms with E-state index in [0.29, 0.717) is 0 Å². The van der Waals surface area contributed by atoms with E-state index in [9.17, 15) is 4.39 Å². The molecular formula is C15H18FN3. The highest BCUT2D eigenvalue weighted by Crippen LogP contribution is 2.20. The van der Waals surface area contributed by atoms with E-state index in [-0.39, 0.29) is 11.9 Å². The standard InChI is InChI=1S/C15H18FN3/c1-11-8-13(10-14(16)9-11)15(19-17)3-2-12-4-6-18-7-5-12/h4-10,15,19H,2-3,17H2,1H3. The summed E-state index contributed by atoms with van der Waals surface area (Å²) in [5.41, 5.74) is 5.74. The third kappa shape index (κ3) is 3.84. The van der Waals surface area contributed by atoms with Crippen LogP contribution >= 0.6 is 0 Å². The molecular weight excluding hydrogens is 241 g/mol. The van der Waals surface area contributed by atoms with Crippen LogP contribution in [0.5, 0.6) is 0 Å². The van der Waals surface area contributed by atoms with E-state index in [1.165, 1.54) is 17.7 Å². The van der Waals surface area contributed by atoms with E-state index in [4.69, 9.17) is 5.84 Å². The molecule has 0 aliphatic rings. The molecule has 3 nitrogen and oxygen atoms in total. The summed E-state index contributed by atoms with van der Waals surface area (Å²) in [6.07, 6.45) is 5.22. The Labute approximate surface area is 112 Å². The minimum Gasteiger partial charge on any atom is -0.271 e. The minimum absolute atomic E-state index is 0.0532. The van der Waals surface area contributed by atoms with Crippen LogP contribution in [0.2, 0.25) is 0 Å². The smallest absolute Gasteiger partial charge is 0.123 e. The minimum atomic E-state index is -0.223. The summed E-state index contributed by atoms with van der Waals surface area (Å²) in [4.78, 5) is 3.98. The zero-order chi connectivity index (χ0) is 13.7. The van der Waals surface area contributed by atoms with Gasteiger partial charge in [-0.05, 0) is 60.7 Å². The summed E-state index contributed by atoms with van der Waals surface area (Å²) >= 11 is 0. The fourth-order valence-electron chi connectivity index (χ4n) is 2.17. The van der Waals surface area contributed by atoms with Crippen LogP contribution in [-0.2, 0) is 6.42 Å². The molecule has 19 heavy (non-hydrogen) atoms. The molecule has 0 saturated heterocycles. The van der Waals surface area contributed by atoms with Gasteiger partial charge in [0.15, 0.2) is 0 Å². The van der Waals surface area contributed by atoms with Crippen molar-refractivity contribution in [3.63, 3.8) is 0 Å². The Morgan fingerprint density at radius 1 is 1.26 bits per heavy atom. The van der Waals surface area contributed by atoms with Gasteiger partial charge in [0.1, 0.15) is 5.82 Å². The molecule has 0 fully saturated rings. The van der Waals surface area contributed by atoms with Gasteiger partial charge in [-0.25, -0.2) is 4.39 Å². The van der Waals surface area contributed by atoms with Gasteiger partial charge in [-0.15, -0.1) is 0 Å². The Kier molecular flexibility index (Phi) is 4.60. The first-order valence-electron chi connectivity index (χ1n) is 6.31. The molecule has 1 heterocycles. The molecule has 1 unspecified atom stereocenters. The van der Waals surface area contributed by atoms with Crippen molar-refractivity contribution in [3.8, 4) is 0 Å². The lowest BCUT2D eigenvalue weighted by Crippen LogP contribution is -2.28. The highest BCUT2D eigenvalue weighted by Gasteiger charge is 2.11. The molecule has 100 valence electrons. The maximum atomic E-state index is 13.4. The normalized spacial score (nSPS) is 12.4. The van der Waals surface area contributed by atoms with Crippen LogP contribution in [0.25, 0.3) is 0 Å². The molecule has 3 N–H and O–H groups in total. The summed E-state index contributed by atoms with van der Waals surface area (Å²) in [5, 5.41) is 0. The molecule has 4 heteroatoms. The number of hydrogen-bond acceptors (Lipinski definition) is 3. The molecule has 0 aliphatic heterocycles. The van der Waals surface area contributed by atoms with Gasteiger partial charge in [0.25, 0.3) is 0 Å². The third-order valence-electron chi connectivity index (χ3n) is 3.14. The number of hydrogen-bond donors (Lipinski definition) is 2. The van der Waals surface area contributed by atoms with E-state index in [1.54, 1.807) is 12.4 Å². The third-order valence-corrected chi connectivity index (χ3v) is 3.14. The van der Waals surface area contributed by atoms with Crippen LogP contribution in [-0.4, -0.2) is 4.98 Å². The SMILES string of the molecule is Cc1cc(F)cc(C(CCc2ccncc2)NN)c1. The molecule has 1 atom stereocenters. The van der Waals surface area contributed by atoms with Crippen LogP contribution in [0, 0.1) is 12.7 Å². The Morgan fingerprint density at radius 3 is 2.63 bits per heavy atom. The maximum absolute atomic E-state index is 13.4. The summed E-state index contributed by atoms with van der Waals surface area (Å²) < 4.78 is 13.4. The van der Waals surface area contributed by atoms with Gasteiger partial charge in [-0.3, -0.25) is 16.3 Å². The number of halogens is 1.